The van der Waals surface area contributed by atoms with Crippen LogP contribution >= 0.6 is 0 Å². The molecule has 1 heterocycles. The highest BCUT2D eigenvalue weighted by Gasteiger charge is 2.19. The summed E-state index contributed by atoms with van der Waals surface area (Å²) in [4.78, 5) is 0. The van der Waals surface area contributed by atoms with Crippen molar-refractivity contribution in [1.82, 2.24) is 9.88 Å². The highest BCUT2D eigenvalue weighted by Crippen LogP contribution is 2.11. The van der Waals surface area contributed by atoms with E-state index in [1.807, 2.05) is 13.0 Å². The topological polar surface area (TPSA) is 37.2 Å². The van der Waals surface area contributed by atoms with Crippen molar-refractivity contribution in [1.29, 1.82) is 0 Å². The van der Waals surface area contributed by atoms with Crippen molar-refractivity contribution in [3.8, 4) is 0 Å². The molecule has 0 saturated carbocycles. The number of hydrogen-bond donors (Lipinski definition) is 2. The van der Waals surface area contributed by atoms with Gasteiger partial charge in [-0.2, -0.15) is 0 Å². The van der Waals surface area contributed by atoms with Crippen molar-refractivity contribution in [3.05, 3.63) is 59.9 Å². The minimum Gasteiger partial charge on any atom is -0.394 e. The second-order valence-corrected chi connectivity index (χ2v) is 5.60. The molecule has 1 aromatic heterocycles. The normalized spacial score (nSPS) is 14.2. The summed E-state index contributed by atoms with van der Waals surface area (Å²) in [6, 6.07) is 12.6. The van der Waals surface area contributed by atoms with Crippen LogP contribution in [-0.4, -0.2) is 21.8 Å². The van der Waals surface area contributed by atoms with Gasteiger partial charge >= 0.3 is 0 Å². The Labute approximate surface area is 121 Å². The SMILES string of the molecule is CCC(C)(CO)NCc1ccn(Cc2ccccc2)c1. The average Bonchev–Trinajstić information content (AvgIpc) is 2.93. The number of aliphatic hydroxyl groups excluding tert-OH is 1. The molecular formula is C17H24N2O. The fourth-order valence-electron chi connectivity index (χ4n) is 2.10. The van der Waals surface area contributed by atoms with Gasteiger partial charge in [0.1, 0.15) is 0 Å². The number of aromatic nitrogens is 1. The quantitative estimate of drug-likeness (QED) is 0.813. The number of nitrogens with one attached hydrogen (secondary N) is 1. The van der Waals surface area contributed by atoms with Crippen molar-refractivity contribution in [2.24, 2.45) is 0 Å². The third-order valence-electron chi connectivity index (χ3n) is 3.87. The average molecular weight is 272 g/mol. The van der Waals surface area contributed by atoms with Gasteiger partial charge < -0.3 is 15.0 Å². The van der Waals surface area contributed by atoms with Gasteiger partial charge in [0, 0.05) is 31.0 Å². The molecule has 108 valence electrons. The van der Waals surface area contributed by atoms with Gasteiger partial charge in [-0.15, -0.1) is 0 Å². The first-order valence-electron chi connectivity index (χ1n) is 7.20. The number of aliphatic hydroxyl groups is 1. The highest BCUT2D eigenvalue weighted by atomic mass is 16.3. The summed E-state index contributed by atoms with van der Waals surface area (Å²) in [5.41, 5.74) is 2.35. The van der Waals surface area contributed by atoms with E-state index in [0.29, 0.717) is 0 Å². The molecule has 0 aliphatic rings. The van der Waals surface area contributed by atoms with Gasteiger partial charge in [0.15, 0.2) is 0 Å². The van der Waals surface area contributed by atoms with E-state index in [0.717, 1.165) is 19.5 Å². The number of benzene rings is 1. The molecule has 1 atom stereocenters. The molecule has 2 rings (SSSR count). The summed E-state index contributed by atoms with van der Waals surface area (Å²) in [6.07, 6.45) is 5.17. The van der Waals surface area contributed by atoms with E-state index in [1.165, 1.54) is 11.1 Å². The fraction of sp³-hybridized carbons (Fsp3) is 0.412. The van der Waals surface area contributed by atoms with Gasteiger partial charge in [-0.3, -0.25) is 0 Å². The summed E-state index contributed by atoms with van der Waals surface area (Å²) in [5, 5.41) is 12.8. The number of nitrogens with zero attached hydrogens (tertiary/aromatic N) is 1. The molecule has 0 aliphatic carbocycles. The monoisotopic (exact) mass is 272 g/mol. The molecule has 0 saturated heterocycles. The molecule has 0 bridgehead atoms. The standard InChI is InChI=1S/C17H24N2O/c1-3-17(2,14-20)18-11-16-9-10-19(13-16)12-15-7-5-4-6-8-15/h4-10,13,18,20H,3,11-12,14H2,1-2H3. The van der Waals surface area contributed by atoms with Gasteiger partial charge in [0.2, 0.25) is 0 Å². The molecule has 3 heteroatoms. The first-order chi connectivity index (χ1) is 9.65. The van der Waals surface area contributed by atoms with Gasteiger partial charge in [0.05, 0.1) is 6.61 Å². The van der Waals surface area contributed by atoms with Crippen LogP contribution in [0.5, 0.6) is 0 Å². The zero-order valence-corrected chi connectivity index (χ0v) is 12.3. The Bertz CT molecular complexity index is 515. The van der Waals surface area contributed by atoms with E-state index >= 15 is 0 Å². The van der Waals surface area contributed by atoms with Crippen LogP contribution in [0, 0.1) is 0 Å². The molecule has 0 aliphatic heterocycles. The van der Waals surface area contributed by atoms with E-state index in [1.54, 1.807) is 0 Å². The summed E-state index contributed by atoms with van der Waals surface area (Å²) >= 11 is 0. The van der Waals surface area contributed by atoms with Crippen LogP contribution in [0.25, 0.3) is 0 Å². The summed E-state index contributed by atoms with van der Waals surface area (Å²) in [5.74, 6) is 0. The molecule has 0 radical (unpaired) electrons. The third kappa shape index (κ3) is 3.95. The second-order valence-electron chi connectivity index (χ2n) is 5.60. The van der Waals surface area contributed by atoms with Crippen LogP contribution in [-0.2, 0) is 13.1 Å². The Balaban J connectivity index is 1.93. The molecule has 1 aromatic carbocycles. The van der Waals surface area contributed by atoms with Crippen LogP contribution in [0.2, 0.25) is 0 Å². The number of rotatable bonds is 7. The predicted octanol–water partition coefficient (Wildman–Crippen LogP) is 2.79. The second kappa shape index (κ2) is 6.73. The molecular weight excluding hydrogens is 248 g/mol. The lowest BCUT2D eigenvalue weighted by atomic mass is 10.0. The molecule has 0 fully saturated rings. The van der Waals surface area contributed by atoms with Crippen molar-refractivity contribution in [2.75, 3.05) is 6.61 Å². The van der Waals surface area contributed by atoms with E-state index in [2.05, 4.69) is 59.5 Å². The summed E-state index contributed by atoms with van der Waals surface area (Å²) < 4.78 is 2.19. The van der Waals surface area contributed by atoms with Gasteiger partial charge in [-0.05, 0) is 30.5 Å². The molecule has 20 heavy (non-hydrogen) atoms. The lowest BCUT2D eigenvalue weighted by molar-refractivity contribution is 0.169. The maximum atomic E-state index is 9.40. The Hall–Kier alpha value is -1.58. The first-order valence-corrected chi connectivity index (χ1v) is 7.20. The largest absolute Gasteiger partial charge is 0.394 e. The fourth-order valence-corrected chi connectivity index (χ4v) is 2.10. The Kier molecular flexibility index (Phi) is 4.99. The lowest BCUT2D eigenvalue weighted by Gasteiger charge is -2.27. The van der Waals surface area contributed by atoms with E-state index < -0.39 is 0 Å². The molecule has 2 N–H and O–H groups in total. The highest BCUT2D eigenvalue weighted by molar-refractivity contribution is 5.17. The van der Waals surface area contributed by atoms with Crippen LogP contribution in [0.3, 0.4) is 0 Å². The number of hydrogen-bond acceptors (Lipinski definition) is 2. The molecule has 0 amide bonds. The van der Waals surface area contributed by atoms with E-state index in [4.69, 9.17) is 0 Å². The summed E-state index contributed by atoms with van der Waals surface area (Å²) in [7, 11) is 0. The maximum absolute atomic E-state index is 9.40. The Morgan fingerprint density at radius 3 is 2.55 bits per heavy atom. The minimum atomic E-state index is -0.193. The lowest BCUT2D eigenvalue weighted by Crippen LogP contribution is -2.44. The zero-order chi connectivity index (χ0) is 14.4. The van der Waals surface area contributed by atoms with Crippen LogP contribution in [0.15, 0.2) is 48.8 Å². The Morgan fingerprint density at radius 1 is 1.15 bits per heavy atom. The van der Waals surface area contributed by atoms with Crippen molar-refractivity contribution >= 4 is 0 Å². The van der Waals surface area contributed by atoms with Crippen molar-refractivity contribution in [2.45, 2.75) is 38.9 Å². The molecule has 2 aromatic rings. The smallest absolute Gasteiger partial charge is 0.0610 e. The predicted molar refractivity (Wildman–Crippen MR) is 82.6 cm³/mol. The third-order valence-corrected chi connectivity index (χ3v) is 3.87. The first kappa shape index (κ1) is 14.8. The van der Waals surface area contributed by atoms with Crippen molar-refractivity contribution < 1.29 is 5.11 Å². The van der Waals surface area contributed by atoms with E-state index in [9.17, 15) is 5.11 Å². The van der Waals surface area contributed by atoms with Crippen molar-refractivity contribution in [3.63, 3.8) is 0 Å². The van der Waals surface area contributed by atoms with Crippen LogP contribution < -0.4 is 5.32 Å². The molecule has 1 unspecified atom stereocenters. The van der Waals surface area contributed by atoms with Crippen LogP contribution in [0.4, 0.5) is 0 Å². The van der Waals surface area contributed by atoms with Gasteiger partial charge in [-0.25, -0.2) is 0 Å². The molecule has 0 spiro atoms. The summed E-state index contributed by atoms with van der Waals surface area (Å²) in [6.45, 7) is 5.98. The van der Waals surface area contributed by atoms with E-state index in [-0.39, 0.29) is 12.1 Å². The van der Waals surface area contributed by atoms with Gasteiger partial charge in [-0.1, -0.05) is 37.3 Å². The van der Waals surface area contributed by atoms with Crippen LogP contribution in [0.1, 0.15) is 31.4 Å². The van der Waals surface area contributed by atoms with Gasteiger partial charge in [0.25, 0.3) is 0 Å². The maximum Gasteiger partial charge on any atom is 0.0610 e. The Morgan fingerprint density at radius 2 is 1.90 bits per heavy atom. The molecule has 3 nitrogen and oxygen atoms in total. The zero-order valence-electron chi connectivity index (χ0n) is 12.3. The minimum absolute atomic E-state index is 0.161.